The minimum atomic E-state index is -0.213. The van der Waals surface area contributed by atoms with E-state index in [0.29, 0.717) is 0 Å². The van der Waals surface area contributed by atoms with Crippen LogP contribution >= 0.6 is 0 Å². The van der Waals surface area contributed by atoms with Crippen LogP contribution in [0.1, 0.15) is 24.0 Å². The number of benzene rings is 1. The van der Waals surface area contributed by atoms with Crippen LogP contribution in [-0.4, -0.2) is 19.6 Å². The van der Waals surface area contributed by atoms with Crippen LogP contribution < -0.4 is 5.32 Å². The first kappa shape index (κ1) is 10.6. The Kier molecular flexibility index (Phi) is 2.35. The second-order valence-electron chi connectivity index (χ2n) is 5.12. The lowest BCUT2D eigenvalue weighted by Gasteiger charge is -2.13. The number of fused-ring (bicyclic) bond motifs is 1. The SMILES string of the molecule is COC(=O)C1(Cc2ccc3c(c2)CCN3)CC1. The predicted octanol–water partition coefficient (Wildman–Crippen LogP) is 2.15. The molecule has 17 heavy (non-hydrogen) atoms. The van der Waals surface area contributed by atoms with Gasteiger partial charge in [-0.25, -0.2) is 0 Å². The predicted molar refractivity (Wildman–Crippen MR) is 66.0 cm³/mol. The number of hydrogen-bond donors (Lipinski definition) is 1. The van der Waals surface area contributed by atoms with Gasteiger partial charge in [0, 0.05) is 12.2 Å². The van der Waals surface area contributed by atoms with Gasteiger partial charge in [-0.3, -0.25) is 4.79 Å². The molecule has 1 N–H and O–H groups in total. The third-order valence-electron chi connectivity index (χ3n) is 3.89. The largest absolute Gasteiger partial charge is 0.469 e. The molecular weight excluding hydrogens is 214 g/mol. The first-order valence-corrected chi connectivity index (χ1v) is 6.18. The average Bonchev–Trinajstić information content (AvgIpc) is 2.97. The molecule has 0 spiro atoms. The van der Waals surface area contributed by atoms with Gasteiger partial charge in [-0.1, -0.05) is 12.1 Å². The molecule has 1 aliphatic heterocycles. The Morgan fingerprint density at radius 1 is 1.47 bits per heavy atom. The maximum absolute atomic E-state index is 11.7. The highest BCUT2D eigenvalue weighted by Crippen LogP contribution is 2.49. The van der Waals surface area contributed by atoms with Crippen molar-refractivity contribution in [2.45, 2.75) is 25.7 Å². The molecule has 90 valence electrons. The van der Waals surface area contributed by atoms with E-state index in [-0.39, 0.29) is 11.4 Å². The van der Waals surface area contributed by atoms with Crippen LogP contribution in [-0.2, 0) is 22.4 Å². The van der Waals surface area contributed by atoms with Crippen molar-refractivity contribution < 1.29 is 9.53 Å². The maximum Gasteiger partial charge on any atom is 0.312 e. The molecule has 1 aromatic rings. The van der Waals surface area contributed by atoms with Crippen molar-refractivity contribution >= 4 is 11.7 Å². The summed E-state index contributed by atoms with van der Waals surface area (Å²) < 4.78 is 4.89. The van der Waals surface area contributed by atoms with Crippen molar-refractivity contribution in [3.05, 3.63) is 29.3 Å². The van der Waals surface area contributed by atoms with Gasteiger partial charge in [0.05, 0.1) is 12.5 Å². The van der Waals surface area contributed by atoms with Gasteiger partial charge in [0.25, 0.3) is 0 Å². The van der Waals surface area contributed by atoms with E-state index in [9.17, 15) is 4.79 Å². The fourth-order valence-electron chi connectivity index (χ4n) is 2.68. The zero-order chi connectivity index (χ0) is 11.9. The zero-order valence-electron chi connectivity index (χ0n) is 10.1. The van der Waals surface area contributed by atoms with Crippen molar-refractivity contribution in [1.82, 2.24) is 0 Å². The smallest absolute Gasteiger partial charge is 0.312 e. The average molecular weight is 231 g/mol. The fourth-order valence-corrected chi connectivity index (χ4v) is 2.68. The Morgan fingerprint density at radius 2 is 2.29 bits per heavy atom. The molecular formula is C14H17NO2. The van der Waals surface area contributed by atoms with Crippen molar-refractivity contribution in [3.63, 3.8) is 0 Å². The molecule has 0 atom stereocenters. The Balaban J connectivity index is 1.80. The van der Waals surface area contributed by atoms with E-state index in [1.54, 1.807) is 0 Å². The van der Waals surface area contributed by atoms with E-state index in [4.69, 9.17) is 4.74 Å². The minimum absolute atomic E-state index is 0.0453. The maximum atomic E-state index is 11.7. The normalized spacial score (nSPS) is 19.4. The number of carbonyl (C=O) groups excluding carboxylic acids is 1. The third-order valence-corrected chi connectivity index (χ3v) is 3.89. The first-order chi connectivity index (χ1) is 8.23. The minimum Gasteiger partial charge on any atom is -0.469 e. The topological polar surface area (TPSA) is 38.3 Å². The second kappa shape index (κ2) is 3.76. The van der Waals surface area contributed by atoms with E-state index in [1.807, 2.05) is 0 Å². The standard InChI is InChI=1S/C14H17NO2/c1-17-13(16)14(5-6-14)9-10-2-3-12-11(8-10)4-7-15-12/h2-3,8,15H,4-7,9H2,1H3. The molecule has 1 aromatic carbocycles. The van der Waals surface area contributed by atoms with E-state index in [1.165, 1.54) is 23.9 Å². The van der Waals surface area contributed by atoms with Gasteiger partial charge >= 0.3 is 5.97 Å². The Morgan fingerprint density at radius 3 is 3.00 bits per heavy atom. The van der Waals surface area contributed by atoms with Crippen LogP contribution in [0.2, 0.25) is 0 Å². The third kappa shape index (κ3) is 1.79. The van der Waals surface area contributed by atoms with Crippen LogP contribution in [0, 0.1) is 5.41 Å². The lowest BCUT2D eigenvalue weighted by molar-refractivity contribution is -0.147. The number of nitrogens with one attached hydrogen (secondary N) is 1. The summed E-state index contributed by atoms with van der Waals surface area (Å²) in [6, 6.07) is 6.49. The van der Waals surface area contributed by atoms with Crippen molar-refractivity contribution in [3.8, 4) is 0 Å². The summed E-state index contributed by atoms with van der Waals surface area (Å²) in [6.07, 6.45) is 3.85. The van der Waals surface area contributed by atoms with Gasteiger partial charge in [0.1, 0.15) is 0 Å². The Labute approximate surface area is 101 Å². The van der Waals surface area contributed by atoms with Gasteiger partial charge in [-0.15, -0.1) is 0 Å². The molecule has 1 fully saturated rings. The highest BCUT2D eigenvalue weighted by molar-refractivity contribution is 5.80. The number of methoxy groups -OCH3 is 1. The summed E-state index contributed by atoms with van der Waals surface area (Å²) >= 11 is 0. The van der Waals surface area contributed by atoms with Gasteiger partial charge < -0.3 is 10.1 Å². The van der Waals surface area contributed by atoms with E-state index < -0.39 is 0 Å². The molecule has 0 amide bonds. The van der Waals surface area contributed by atoms with Crippen LogP contribution in [0.3, 0.4) is 0 Å². The molecule has 1 aliphatic carbocycles. The molecule has 1 saturated carbocycles. The number of rotatable bonds is 3. The highest BCUT2D eigenvalue weighted by atomic mass is 16.5. The molecule has 3 nitrogen and oxygen atoms in total. The Bertz CT molecular complexity index is 463. The zero-order valence-corrected chi connectivity index (χ0v) is 10.1. The monoisotopic (exact) mass is 231 g/mol. The van der Waals surface area contributed by atoms with E-state index in [2.05, 4.69) is 23.5 Å². The quantitative estimate of drug-likeness (QED) is 0.810. The molecule has 0 unspecified atom stereocenters. The molecule has 0 bridgehead atoms. The number of esters is 1. The number of carbonyl (C=O) groups is 1. The molecule has 3 rings (SSSR count). The summed E-state index contributed by atoms with van der Waals surface area (Å²) in [5.74, 6) is -0.0453. The Hall–Kier alpha value is -1.51. The van der Waals surface area contributed by atoms with E-state index >= 15 is 0 Å². The van der Waals surface area contributed by atoms with Crippen molar-refractivity contribution in [2.24, 2.45) is 5.41 Å². The lowest BCUT2D eigenvalue weighted by atomic mass is 9.95. The van der Waals surface area contributed by atoms with Gasteiger partial charge in [-0.05, 0) is 42.9 Å². The van der Waals surface area contributed by atoms with Crippen LogP contribution in [0.25, 0.3) is 0 Å². The number of ether oxygens (including phenoxy) is 1. The molecule has 0 saturated heterocycles. The first-order valence-electron chi connectivity index (χ1n) is 6.18. The highest BCUT2D eigenvalue weighted by Gasteiger charge is 2.50. The van der Waals surface area contributed by atoms with Crippen molar-refractivity contribution in [2.75, 3.05) is 19.0 Å². The van der Waals surface area contributed by atoms with Crippen LogP contribution in [0.4, 0.5) is 5.69 Å². The van der Waals surface area contributed by atoms with Crippen LogP contribution in [0.5, 0.6) is 0 Å². The van der Waals surface area contributed by atoms with Gasteiger partial charge in [0.2, 0.25) is 0 Å². The molecule has 1 heterocycles. The van der Waals surface area contributed by atoms with Gasteiger partial charge in [0.15, 0.2) is 0 Å². The number of anilines is 1. The van der Waals surface area contributed by atoms with Crippen molar-refractivity contribution in [1.29, 1.82) is 0 Å². The summed E-state index contributed by atoms with van der Waals surface area (Å²) in [5, 5.41) is 3.35. The van der Waals surface area contributed by atoms with Gasteiger partial charge in [-0.2, -0.15) is 0 Å². The fraction of sp³-hybridized carbons (Fsp3) is 0.500. The summed E-state index contributed by atoms with van der Waals surface area (Å²) in [7, 11) is 1.48. The van der Waals surface area contributed by atoms with Crippen LogP contribution in [0.15, 0.2) is 18.2 Å². The summed E-state index contributed by atoms with van der Waals surface area (Å²) in [5.41, 5.74) is 3.67. The molecule has 2 aliphatic rings. The molecule has 0 aromatic heterocycles. The summed E-state index contributed by atoms with van der Waals surface area (Å²) in [6.45, 7) is 1.03. The summed E-state index contributed by atoms with van der Waals surface area (Å²) in [4.78, 5) is 11.7. The van der Waals surface area contributed by atoms with E-state index in [0.717, 1.165) is 32.2 Å². The number of hydrogen-bond acceptors (Lipinski definition) is 3. The second-order valence-corrected chi connectivity index (χ2v) is 5.12. The molecule has 0 radical (unpaired) electrons. The lowest BCUT2D eigenvalue weighted by Crippen LogP contribution is -2.20. The molecule has 3 heteroatoms.